The minimum absolute atomic E-state index is 0.0203. The summed E-state index contributed by atoms with van der Waals surface area (Å²) in [4.78, 5) is 42.4. The van der Waals surface area contributed by atoms with Crippen molar-refractivity contribution in [3.05, 3.63) is 70.4 Å². The van der Waals surface area contributed by atoms with Crippen LogP contribution >= 0.6 is 0 Å². The van der Waals surface area contributed by atoms with E-state index in [4.69, 9.17) is 0 Å². The Morgan fingerprint density at radius 3 is 2.55 bits per heavy atom. The fourth-order valence-electron chi connectivity index (χ4n) is 3.55. The first kappa shape index (κ1) is 28.9. The highest BCUT2D eigenvalue weighted by atomic mass is 19.4. The molecule has 4 rings (SSSR count). The first-order chi connectivity index (χ1) is 19.9. The highest BCUT2D eigenvalue weighted by molar-refractivity contribution is 6.09. The van der Waals surface area contributed by atoms with E-state index in [0.717, 1.165) is 11.8 Å². The lowest BCUT2D eigenvalue weighted by Gasteiger charge is -2.15. The van der Waals surface area contributed by atoms with Crippen LogP contribution in [-0.2, 0) is 17.5 Å². The average molecular weight is 585 g/mol. The van der Waals surface area contributed by atoms with E-state index >= 15 is 0 Å². The third-order valence-corrected chi connectivity index (χ3v) is 5.38. The number of anilines is 1. The maximum atomic E-state index is 13.5. The van der Waals surface area contributed by atoms with Crippen LogP contribution in [0.1, 0.15) is 43.5 Å². The second-order valence-electron chi connectivity index (χ2n) is 8.27. The molecule has 0 atom stereocenters. The van der Waals surface area contributed by atoms with Gasteiger partial charge in [-0.05, 0) is 48.0 Å². The van der Waals surface area contributed by atoms with Crippen molar-refractivity contribution in [3.8, 4) is 17.6 Å². The molecule has 0 aliphatic carbocycles. The minimum Gasteiger partial charge on any atom is -0.504 e. The van der Waals surface area contributed by atoms with Crippen molar-refractivity contribution >= 4 is 23.6 Å². The second-order valence-corrected chi connectivity index (χ2v) is 8.27. The molecule has 0 saturated carbocycles. The topological polar surface area (TPSA) is 215 Å². The quantitative estimate of drug-likeness (QED) is 0.238. The van der Waals surface area contributed by atoms with Crippen LogP contribution in [0.5, 0.6) is 5.75 Å². The first-order valence-corrected chi connectivity index (χ1v) is 11.5. The standard InChI is InChI=1S/C23H18F3N11O5/c1-11-6-12(9-27)7-14(19(39)30-32-22(41)42-2)17(11)29-20(40)15-8-13(10-36-34-21(31-35-36)23(24,25)26)33-37(15)18-16(38)4-3-5-28-18/h3-8,38H,10H2,1-2H3,(H,29,40)(H,30,39)(H,32,41). The molecule has 0 saturated heterocycles. The molecule has 4 N–H and O–H groups in total. The van der Waals surface area contributed by atoms with E-state index in [0.29, 0.717) is 4.80 Å². The van der Waals surface area contributed by atoms with E-state index in [9.17, 15) is 37.9 Å². The number of nitrogens with zero attached hydrogens (tertiary/aromatic N) is 8. The zero-order valence-electron chi connectivity index (χ0n) is 21.5. The molecule has 3 heterocycles. The Morgan fingerprint density at radius 2 is 1.90 bits per heavy atom. The molecule has 216 valence electrons. The Hall–Kier alpha value is -6.06. The third kappa shape index (κ3) is 6.22. The number of carbonyl (C=O) groups is 3. The fraction of sp³-hybridized carbons (Fsp3) is 0.174. The number of ether oxygens (including phenoxy) is 1. The number of pyridine rings is 1. The van der Waals surface area contributed by atoms with Gasteiger partial charge < -0.3 is 15.2 Å². The number of hydrogen-bond donors (Lipinski definition) is 4. The molecule has 19 heteroatoms. The van der Waals surface area contributed by atoms with Gasteiger partial charge >= 0.3 is 12.3 Å². The molecular formula is C23H18F3N11O5. The summed E-state index contributed by atoms with van der Waals surface area (Å²) in [6.07, 6.45) is -4.52. The number of amides is 3. The number of hydrazine groups is 1. The number of halogens is 3. The van der Waals surface area contributed by atoms with E-state index in [1.807, 2.05) is 11.5 Å². The minimum atomic E-state index is -4.84. The molecule has 0 aliphatic heterocycles. The Labute approximate surface area is 232 Å². The van der Waals surface area contributed by atoms with Gasteiger partial charge in [-0.2, -0.15) is 28.3 Å². The van der Waals surface area contributed by atoms with Crippen LogP contribution in [0.3, 0.4) is 0 Å². The van der Waals surface area contributed by atoms with E-state index in [2.05, 4.69) is 41.0 Å². The molecule has 42 heavy (non-hydrogen) atoms. The summed E-state index contributed by atoms with van der Waals surface area (Å²) < 4.78 is 44.0. The Balaban J connectivity index is 1.73. The van der Waals surface area contributed by atoms with Gasteiger partial charge in [0.05, 0.1) is 35.7 Å². The van der Waals surface area contributed by atoms with Crippen LogP contribution < -0.4 is 16.2 Å². The van der Waals surface area contributed by atoms with Crippen molar-refractivity contribution < 1.29 is 37.4 Å². The van der Waals surface area contributed by atoms with Crippen LogP contribution in [0.2, 0.25) is 0 Å². The Kier molecular flexibility index (Phi) is 7.98. The Bertz CT molecular complexity index is 1730. The van der Waals surface area contributed by atoms with Gasteiger partial charge in [-0.1, -0.05) is 0 Å². The number of aromatic hydroxyl groups is 1. The van der Waals surface area contributed by atoms with Crippen LogP contribution in [0.15, 0.2) is 36.5 Å². The molecule has 0 aliphatic rings. The summed E-state index contributed by atoms with van der Waals surface area (Å²) >= 11 is 0. The molecule has 0 spiro atoms. The highest BCUT2D eigenvalue weighted by Crippen LogP contribution is 2.27. The lowest BCUT2D eigenvalue weighted by molar-refractivity contribution is -0.145. The van der Waals surface area contributed by atoms with Gasteiger partial charge in [0, 0.05) is 6.20 Å². The van der Waals surface area contributed by atoms with Crippen LogP contribution in [0.4, 0.5) is 23.7 Å². The number of hydrogen-bond acceptors (Lipinski definition) is 11. The monoisotopic (exact) mass is 585 g/mol. The van der Waals surface area contributed by atoms with Crippen LogP contribution in [-0.4, -0.2) is 65.1 Å². The molecular weight excluding hydrogens is 567 g/mol. The van der Waals surface area contributed by atoms with E-state index in [-0.39, 0.29) is 45.3 Å². The molecule has 0 unspecified atom stereocenters. The van der Waals surface area contributed by atoms with E-state index in [1.54, 1.807) is 0 Å². The number of tetrazole rings is 1. The lowest BCUT2D eigenvalue weighted by Crippen LogP contribution is -2.42. The molecule has 0 fully saturated rings. The third-order valence-electron chi connectivity index (χ3n) is 5.38. The van der Waals surface area contributed by atoms with Gasteiger partial charge in [-0.15, -0.1) is 10.2 Å². The van der Waals surface area contributed by atoms with Crippen LogP contribution in [0.25, 0.3) is 5.82 Å². The number of nitrogens with one attached hydrogen (secondary N) is 3. The maximum Gasteiger partial charge on any atom is 0.455 e. The van der Waals surface area contributed by atoms with Gasteiger partial charge in [0.15, 0.2) is 11.6 Å². The van der Waals surface area contributed by atoms with Crippen LogP contribution in [0, 0.1) is 18.3 Å². The molecule has 0 bridgehead atoms. The molecule has 0 radical (unpaired) electrons. The second kappa shape index (κ2) is 11.6. The van der Waals surface area contributed by atoms with Crippen molar-refractivity contribution in [2.75, 3.05) is 12.4 Å². The molecule has 4 aromatic rings. The first-order valence-electron chi connectivity index (χ1n) is 11.5. The zero-order valence-corrected chi connectivity index (χ0v) is 21.5. The van der Waals surface area contributed by atoms with Gasteiger partial charge in [0.25, 0.3) is 17.6 Å². The zero-order chi connectivity index (χ0) is 30.6. The summed E-state index contributed by atoms with van der Waals surface area (Å²) in [6.45, 7) is 1.05. The fourth-order valence-corrected chi connectivity index (χ4v) is 3.55. The number of nitriles is 1. The number of carbonyl (C=O) groups excluding carboxylic acids is 3. The lowest BCUT2D eigenvalue weighted by atomic mass is 10.0. The smallest absolute Gasteiger partial charge is 0.455 e. The number of alkyl halides is 3. The van der Waals surface area contributed by atoms with E-state index < -0.39 is 36.5 Å². The normalized spacial score (nSPS) is 11.0. The summed E-state index contributed by atoms with van der Waals surface area (Å²) in [5.74, 6) is -3.88. The van der Waals surface area contributed by atoms with E-state index in [1.165, 1.54) is 43.5 Å². The number of benzene rings is 1. The largest absolute Gasteiger partial charge is 0.504 e. The van der Waals surface area contributed by atoms with Crippen molar-refractivity contribution in [1.82, 2.24) is 45.8 Å². The van der Waals surface area contributed by atoms with Gasteiger partial charge in [-0.3, -0.25) is 15.0 Å². The number of aromatic nitrogens is 7. The Morgan fingerprint density at radius 1 is 1.14 bits per heavy atom. The van der Waals surface area contributed by atoms with Gasteiger partial charge in [0.2, 0.25) is 0 Å². The number of methoxy groups -OCH3 is 1. The van der Waals surface area contributed by atoms with Gasteiger partial charge in [0.1, 0.15) is 12.2 Å². The molecule has 3 amide bonds. The summed E-state index contributed by atoms with van der Waals surface area (Å²) in [5, 5.41) is 36.0. The predicted molar refractivity (Wildman–Crippen MR) is 132 cm³/mol. The van der Waals surface area contributed by atoms with Crippen molar-refractivity contribution in [1.29, 1.82) is 5.26 Å². The highest BCUT2D eigenvalue weighted by Gasteiger charge is 2.37. The molecule has 16 nitrogen and oxygen atoms in total. The number of aryl methyl sites for hydroxylation is 1. The summed E-state index contributed by atoms with van der Waals surface area (Å²) in [7, 11) is 1.07. The number of rotatable bonds is 6. The van der Waals surface area contributed by atoms with Crippen molar-refractivity contribution in [2.24, 2.45) is 0 Å². The molecule has 1 aromatic carbocycles. The predicted octanol–water partition coefficient (Wildman–Crippen LogP) is 1.46. The summed E-state index contributed by atoms with van der Waals surface area (Å²) in [5.41, 5.74) is 3.85. The maximum absolute atomic E-state index is 13.5. The van der Waals surface area contributed by atoms with Crippen molar-refractivity contribution in [2.45, 2.75) is 19.6 Å². The SMILES string of the molecule is COC(=O)NNC(=O)c1cc(C#N)cc(C)c1NC(=O)c1cc(Cn2nnc(C(F)(F)F)n2)nn1-c1ncccc1O. The van der Waals surface area contributed by atoms with Crippen molar-refractivity contribution in [3.63, 3.8) is 0 Å². The van der Waals surface area contributed by atoms with Gasteiger partial charge in [-0.25, -0.2) is 19.9 Å². The summed E-state index contributed by atoms with van der Waals surface area (Å²) in [6, 6.07) is 8.29. The molecule has 3 aromatic heterocycles. The average Bonchev–Trinajstić information content (AvgIpc) is 3.60.